The van der Waals surface area contributed by atoms with Gasteiger partial charge in [0.2, 0.25) is 5.91 Å². The smallest absolute Gasteiger partial charge is 0.224 e. The van der Waals surface area contributed by atoms with Gasteiger partial charge in [0, 0.05) is 70.0 Å². The van der Waals surface area contributed by atoms with Crippen molar-refractivity contribution in [2.75, 3.05) is 46.8 Å². The first-order valence-corrected chi connectivity index (χ1v) is 9.26. The molecule has 2 aliphatic rings. The number of carbonyl (C=O) groups is 1. The molecule has 1 aromatic rings. The van der Waals surface area contributed by atoms with E-state index in [9.17, 15) is 4.79 Å². The Morgan fingerprint density at radius 1 is 1.21 bits per heavy atom. The molecular formula is C18H31N5O. The Morgan fingerprint density at radius 2 is 1.96 bits per heavy atom. The number of aromatic nitrogens is 2. The number of imidazole rings is 1. The summed E-state index contributed by atoms with van der Waals surface area (Å²) in [5, 5.41) is 0. The van der Waals surface area contributed by atoms with E-state index in [4.69, 9.17) is 0 Å². The molecule has 1 aromatic heterocycles. The van der Waals surface area contributed by atoms with E-state index in [0.717, 1.165) is 52.1 Å². The molecular weight excluding hydrogens is 302 g/mol. The van der Waals surface area contributed by atoms with Crippen LogP contribution >= 0.6 is 0 Å². The lowest BCUT2D eigenvalue weighted by atomic mass is 9.95. The summed E-state index contributed by atoms with van der Waals surface area (Å²) < 4.78 is 2.23. The van der Waals surface area contributed by atoms with Crippen molar-refractivity contribution in [1.29, 1.82) is 0 Å². The van der Waals surface area contributed by atoms with Gasteiger partial charge < -0.3 is 19.3 Å². The molecule has 0 unspecified atom stereocenters. The standard InChI is InChI=1S/C18H31N5O/c1-4-22-10-7-19-18(22)15-5-8-23(9-6-15)17(24)13-16-14-20(2)11-12-21(16)3/h7,10,15-16H,4-6,8-9,11-14H2,1-3H3/t16-/m0/s1. The van der Waals surface area contributed by atoms with Gasteiger partial charge in [-0.2, -0.15) is 0 Å². The van der Waals surface area contributed by atoms with Crippen molar-refractivity contribution in [3.8, 4) is 0 Å². The second-order valence-electron chi connectivity index (χ2n) is 7.33. The normalized spacial score (nSPS) is 24.5. The van der Waals surface area contributed by atoms with Crippen LogP contribution in [-0.2, 0) is 11.3 Å². The maximum atomic E-state index is 12.7. The zero-order chi connectivity index (χ0) is 17.1. The lowest BCUT2D eigenvalue weighted by Gasteiger charge is -2.39. The molecule has 0 spiro atoms. The third kappa shape index (κ3) is 3.81. The van der Waals surface area contributed by atoms with Gasteiger partial charge in [-0.25, -0.2) is 4.98 Å². The quantitative estimate of drug-likeness (QED) is 0.832. The molecule has 2 saturated heterocycles. The Balaban J connectivity index is 1.52. The first-order chi connectivity index (χ1) is 11.6. The highest BCUT2D eigenvalue weighted by Crippen LogP contribution is 2.27. The van der Waals surface area contributed by atoms with Crippen LogP contribution in [-0.4, -0.2) is 83.0 Å². The summed E-state index contributed by atoms with van der Waals surface area (Å²) in [7, 11) is 4.29. The lowest BCUT2D eigenvalue weighted by Crippen LogP contribution is -2.52. The van der Waals surface area contributed by atoms with Crippen LogP contribution in [0.3, 0.4) is 0 Å². The highest BCUT2D eigenvalue weighted by Gasteiger charge is 2.30. The molecule has 0 radical (unpaired) electrons. The summed E-state index contributed by atoms with van der Waals surface area (Å²) in [6, 6.07) is 0.355. The molecule has 24 heavy (non-hydrogen) atoms. The van der Waals surface area contributed by atoms with Gasteiger partial charge >= 0.3 is 0 Å². The van der Waals surface area contributed by atoms with E-state index in [2.05, 4.69) is 51.5 Å². The molecule has 6 nitrogen and oxygen atoms in total. The Bertz CT molecular complexity index is 549. The largest absolute Gasteiger partial charge is 0.343 e. The Hall–Kier alpha value is -1.40. The molecule has 2 fully saturated rings. The van der Waals surface area contributed by atoms with Crippen LogP contribution < -0.4 is 0 Å². The number of carbonyl (C=O) groups excluding carboxylic acids is 1. The van der Waals surface area contributed by atoms with Crippen LogP contribution in [0.1, 0.15) is 37.9 Å². The van der Waals surface area contributed by atoms with E-state index in [1.54, 1.807) is 0 Å². The molecule has 3 heterocycles. The van der Waals surface area contributed by atoms with Gasteiger partial charge in [0.15, 0.2) is 0 Å². The molecule has 134 valence electrons. The van der Waals surface area contributed by atoms with Gasteiger partial charge in [0.05, 0.1) is 0 Å². The fourth-order valence-corrected chi connectivity index (χ4v) is 3.99. The summed E-state index contributed by atoms with van der Waals surface area (Å²) in [5.74, 6) is 2.00. The van der Waals surface area contributed by atoms with E-state index in [0.29, 0.717) is 24.3 Å². The maximum absolute atomic E-state index is 12.7. The lowest BCUT2D eigenvalue weighted by molar-refractivity contribution is -0.134. The van der Waals surface area contributed by atoms with Crippen LogP contribution in [0.2, 0.25) is 0 Å². The van der Waals surface area contributed by atoms with Crippen molar-refractivity contribution in [3.05, 3.63) is 18.2 Å². The molecule has 0 aliphatic carbocycles. The highest BCUT2D eigenvalue weighted by atomic mass is 16.2. The second-order valence-corrected chi connectivity index (χ2v) is 7.33. The molecule has 2 aliphatic heterocycles. The maximum Gasteiger partial charge on any atom is 0.224 e. The van der Waals surface area contributed by atoms with Crippen molar-refractivity contribution in [3.63, 3.8) is 0 Å². The fourth-order valence-electron chi connectivity index (χ4n) is 3.99. The van der Waals surface area contributed by atoms with Gasteiger partial charge in [0.25, 0.3) is 0 Å². The fraction of sp³-hybridized carbons (Fsp3) is 0.778. The number of likely N-dealkylation sites (N-methyl/N-ethyl adjacent to an activating group) is 2. The Morgan fingerprint density at radius 3 is 2.67 bits per heavy atom. The average molecular weight is 333 g/mol. The minimum atomic E-state index is 0.319. The predicted octanol–water partition coefficient (Wildman–Crippen LogP) is 1.24. The minimum absolute atomic E-state index is 0.319. The number of hydrogen-bond donors (Lipinski definition) is 0. The molecule has 0 bridgehead atoms. The molecule has 1 atom stereocenters. The second kappa shape index (κ2) is 7.66. The van der Waals surface area contributed by atoms with Crippen molar-refractivity contribution in [2.24, 2.45) is 0 Å². The van der Waals surface area contributed by atoms with Gasteiger partial charge in [-0.15, -0.1) is 0 Å². The van der Waals surface area contributed by atoms with Crippen molar-refractivity contribution in [1.82, 2.24) is 24.3 Å². The van der Waals surface area contributed by atoms with Gasteiger partial charge in [-0.1, -0.05) is 0 Å². The molecule has 0 N–H and O–H groups in total. The first-order valence-electron chi connectivity index (χ1n) is 9.26. The van der Waals surface area contributed by atoms with Crippen LogP contribution in [0, 0.1) is 0 Å². The Kier molecular flexibility index (Phi) is 5.56. The zero-order valence-corrected chi connectivity index (χ0v) is 15.3. The zero-order valence-electron chi connectivity index (χ0n) is 15.3. The topological polar surface area (TPSA) is 44.6 Å². The number of rotatable bonds is 4. The van der Waals surface area contributed by atoms with Crippen LogP contribution in [0.5, 0.6) is 0 Å². The molecule has 6 heteroatoms. The van der Waals surface area contributed by atoms with Gasteiger partial charge in [0.1, 0.15) is 5.82 Å². The van der Waals surface area contributed by atoms with Gasteiger partial charge in [-0.05, 0) is 33.9 Å². The highest BCUT2D eigenvalue weighted by molar-refractivity contribution is 5.77. The predicted molar refractivity (Wildman–Crippen MR) is 95.0 cm³/mol. The third-order valence-electron chi connectivity index (χ3n) is 5.69. The summed E-state index contributed by atoms with van der Waals surface area (Å²) >= 11 is 0. The molecule has 0 aromatic carbocycles. The number of nitrogens with zero attached hydrogens (tertiary/aromatic N) is 5. The van der Waals surface area contributed by atoms with Crippen LogP contribution in [0.15, 0.2) is 12.4 Å². The van der Waals surface area contributed by atoms with Crippen molar-refractivity contribution in [2.45, 2.75) is 44.7 Å². The molecule has 1 amide bonds. The summed E-state index contributed by atoms with van der Waals surface area (Å²) in [5.41, 5.74) is 0. The summed E-state index contributed by atoms with van der Waals surface area (Å²) in [4.78, 5) is 24.0. The summed E-state index contributed by atoms with van der Waals surface area (Å²) in [6.45, 7) is 8.00. The number of hydrogen-bond acceptors (Lipinski definition) is 4. The van der Waals surface area contributed by atoms with Crippen LogP contribution in [0.4, 0.5) is 0 Å². The Labute approximate surface area is 145 Å². The number of piperazine rings is 1. The molecule has 0 saturated carbocycles. The monoisotopic (exact) mass is 333 g/mol. The number of likely N-dealkylation sites (tertiary alicyclic amines) is 1. The average Bonchev–Trinajstić information content (AvgIpc) is 3.07. The van der Waals surface area contributed by atoms with Gasteiger partial charge in [-0.3, -0.25) is 4.79 Å². The van der Waals surface area contributed by atoms with E-state index >= 15 is 0 Å². The van der Waals surface area contributed by atoms with E-state index < -0.39 is 0 Å². The number of amides is 1. The van der Waals surface area contributed by atoms with E-state index in [1.165, 1.54) is 5.82 Å². The number of aryl methyl sites for hydroxylation is 1. The third-order valence-corrected chi connectivity index (χ3v) is 5.69. The van der Waals surface area contributed by atoms with Crippen molar-refractivity contribution >= 4 is 5.91 Å². The van der Waals surface area contributed by atoms with Crippen LogP contribution in [0.25, 0.3) is 0 Å². The van der Waals surface area contributed by atoms with E-state index in [1.807, 2.05) is 6.20 Å². The summed E-state index contributed by atoms with van der Waals surface area (Å²) in [6.07, 6.45) is 6.66. The van der Waals surface area contributed by atoms with Crippen molar-refractivity contribution < 1.29 is 4.79 Å². The SMILES string of the molecule is CCn1ccnc1C1CCN(C(=O)C[C@H]2CN(C)CCN2C)CC1. The minimum Gasteiger partial charge on any atom is -0.343 e. The number of piperidine rings is 1. The van der Waals surface area contributed by atoms with E-state index in [-0.39, 0.29) is 0 Å². The molecule has 3 rings (SSSR count). The first kappa shape index (κ1) is 17.4.